The molecule has 2 aliphatic rings. The highest BCUT2D eigenvalue weighted by Gasteiger charge is 2.32. The summed E-state index contributed by atoms with van der Waals surface area (Å²) in [5.41, 5.74) is 3.22. The van der Waals surface area contributed by atoms with Crippen molar-refractivity contribution in [1.29, 1.82) is 0 Å². The Hall–Kier alpha value is -2.05. The zero-order chi connectivity index (χ0) is 18.6. The van der Waals surface area contributed by atoms with E-state index >= 15 is 0 Å². The number of hydrogen-bond donors (Lipinski definition) is 0. The zero-order valence-corrected chi connectivity index (χ0v) is 17.1. The predicted molar refractivity (Wildman–Crippen MR) is 117 cm³/mol. The smallest absolute Gasteiger partial charge is 0.266 e. The third-order valence-corrected chi connectivity index (χ3v) is 6.55. The molecule has 27 heavy (non-hydrogen) atoms. The molecule has 2 saturated heterocycles. The first-order valence-corrected chi connectivity index (χ1v) is 11.2. The zero-order valence-electron chi connectivity index (χ0n) is 15.4. The second-order valence-electron chi connectivity index (χ2n) is 6.68. The molecule has 6 heteroatoms. The van der Waals surface area contributed by atoms with Crippen molar-refractivity contribution in [3.63, 3.8) is 0 Å². The van der Waals surface area contributed by atoms with Crippen molar-refractivity contribution in [2.24, 2.45) is 4.99 Å². The van der Waals surface area contributed by atoms with Gasteiger partial charge in [0.05, 0.1) is 10.6 Å². The van der Waals surface area contributed by atoms with Crippen molar-refractivity contribution >= 4 is 51.6 Å². The van der Waals surface area contributed by atoms with E-state index in [9.17, 15) is 4.79 Å². The van der Waals surface area contributed by atoms with E-state index in [1.54, 1.807) is 16.2 Å². The van der Waals surface area contributed by atoms with Gasteiger partial charge in [-0.2, -0.15) is 11.3 Å². The molecule has 4 rings (SSSR count). The fourth-order valence-electron chi connectivity index (χ4n) is 3.38. The van der Waals surface area contributed by atoms with Gasteiger partial charge < -0.3 is 4.90 Å². The van der Waals surface area contributed by atoms with Crippen molar-refractivity contribution in [1.82, 2.24) is 4.90 Å². The van der Waals surface area contributed by atoms with Crippen LogP contribution in [-0.4, -0.2) is 35.6 Å². The third-order valence-electron chi connectivity index (χ3n) is 4.84. The molecule has 0 spiro atoms. The van der Waals surface area contributed by atoms with E-state index in [0.717, 1.165) is 34.4 Å². The highest BCUT2D eigenvalue weighted by molar-refractivity contribution is 8.18. The summed E-state index contributed by atoms with van der Waals surface area (Å²) in [4.78, 5) is 22.4. The number of likely N-dealkylation sites (N-methyl/N-ethyl adjacent to an activating group) is 1. The third kappa shape index (κ3) is 4.12. The molecule has 0 unspecified atom stereocenters. The maximum absolute atomic E-state index is 12.7. The van der Waals surface area contributed by atoms with Crippen LogP contribution in [-0.2, 0) is 4.79 Å². The molecule has 1 amide bonds. The van der Waals surface area contributed by atoms with Gasteiger partial charge in [-0.15, -0.1) is 0 Å². The molecule has 4 nitrogen and oxygen atoms in total. The highest BCUT2D eigenvalue weighted by Crippen LogP contribution is 2.34. The lowest BCUT2D eigenvalue weighted by molar-refractivity contribution is -0.122. The van der Waals surface area contributed by atoms with Crippen LogP contribution in [0.5, 0.6) is 0 Å². The Morgan fingerprint density at radius 2 is 1.89 bits per heavy atom. The van der Waals surface area contributed by atoms with Gasteiger partial charge in [0.1, 0.15) is 0 Å². The van der Waals surface area contributed by atoms with Crippen LogP contribution in [0.3, 0.4) is 0 Å². The van der Waals surface area contributed by atoms with Crippen LogP contribution >= 0.6 is 23.1 Å². The van der Waals surface area contributed by atoms with Gasteiger partial charge in [-0.1, -0.05) is 0 Å². The van der Waals surface area contributed by atoms with Crippen molar-refractivity contribution in [3.05, 3.63) is 51.6 Å². The molecule has 0 atom stereocenters. The van der Waals surface area contributed by atoms with Crippen molar-refractivity contribution < 1.29 is 4.79 Å². The van der Waals surface area contributed by atoms with Crippen molar-refractivity contribution in [2.45, 2.75) is 26.2 Å². The number of thioether (sulfide) groups is 1. The summed E-state index contributed by atoms with van der Waals surface area (Å²) in [5.74, 6) is 0.0392. The molecule has 140 valence electrons. The van der Waals surface area contributed by atoms with Gasteiger partial charge in [-0.25, -0.2) is 4.99 Å². The summed E-state index contributed by atoms with van der Waals surface area (Å²) in [6, 6.07) is 10.4. The van der Waals surface area contributed by atoms with Crippen LogP contribution in [0.4, 0.5) is 11.4 Å². The van der Waals surface area contributed by atoms with E-state index in [0.29, 0.717) is 6.54 Å². The standard InChI is InChI=1S/C21H23N3OS2/c1-2-24-20(25)19(14-16-10-13-26-15-16)27-21(24)22-17-6-8-18(9-7-17)23-11-4-3-5-12-23/h6-10,13-15H,2-5,11-12H2,1H3/b19-14-,22-21?. The molecule has 1 aromatic carbocycles. The molecule has 0 aliphatic carbocycles. The summed E-state index contributed by atoms with van der Waals surface area (Å²) < 4.78 is 0. The summed E-state index contributed by atoms with van der Waals surface area (Å²) >= 11 is 3.09. The Labute approximate surface area is 168 Å². The molecular weight excluding hydrogens is 374 g/mol. The van der Waals surface area contributed by atoms with E-state index in [1.165, 1.54) is 36.7 Å². The largest absolute Gasteiger partial charge is 0.372 e. The number of carbonyl (C=O) groups excluding carboxylic acids is 1. The lowest BCUT2D eigenvalue weighted by Gasteiger charge is -2.28. The van der Waals surface area contributed by atoms with Gasteiger partial charge in [0.15, 0.2) is 5.17 Å². The number of rotatable bonds is 4. The average molecular weight is 398 g/mol. The number of nitrogens with zero attached hydrogens (tertiary/aromatic N) is 3. The average Bonchev–Trinajstić information content (AvgIpc) is 3.32. The van der Waals surface area contributed by atoms with E-state index in [2.05, 4.69) is 29.2 Å². The minimum atomic E-state index is 0.0392. The monoisotopic (exact) mass is 397 g/mol. The first kappa shape index (κ1) is 18.3. The van der Waals surface area contributed by atoms with E-state index in [1.807, 2.05) is 29.8 Å². The summed E-state index contributed by atoms with van der Waals surface area (Å²) in [6.07, 6.45) is 5.83. The fraction of sp³-hybridized carbons (Fsp3) is 0.333. The predicted octanol–water partition coefficient (Wildman–Crippen LogP) is 5.36. The molecule has 3 heterocycles. The Morgan fingerprint density at radius 1 is 1.11 bits per heavy atom. The Morgan fingerprint density at radius 3 is 2.56 bits per heavy atom. The van der Waals surface area contributed by atoms with Crippen molar-refractivity contribution in [3.8, 4) is 0 Å². The number of hydrogen-bond acceptors (Lipinski definition) is 5. The number of anilines is 1. The number of piperidine rings is 1. The fourth-order valence-corrected chi connectivity index (χ4v) is 5.06. The number of amides is 1. The number of aliphatic imine (C=N–C) groups is 1. The van der Waals surface area contributed by atoms with E-state index in [4.69, 9.17) is 4.99 Å². The van der Waals surface area contributed by atoms with Gasteiger partial charge in [0.2, 0.25) is 0 Å². The molecule has 2 aromatic rings. The minimum absolute atomic E-state index is 0.0392. The molecule has 0 radical (unpaired) electrons. The Kier molecular flexibility index (Phi) is 5.64. The highest BCUT2D eigenvalue weighted by atomic mass is 32.2. The van der Waals surface area contributed by atoms with Crippen LogP contribution in [0.1, 0.15) is 31.7 Å². The first-order chi connectivity index (χ1) is 13.2. The molecule has 0 saturated carbocycles. The Bertz CT molecular complexity index is 850. The van der Waals surface area contributed by atoms with Gasteiger partial charge in [0.25, 0.3) is 5.91 Å². The van der Waals surface area contributed by atoms with E-state index < -0.39 is 0 Å². The topological polar surface area (TPSA) is 35.9 Å². The maximum atomic E-state index is 12.7. The molecule has 0 N–H and O–H groups in total. The number of amidine groups is 1. The molecule has 1 aromatic heterocycles. The number of thiophene rings is 1. The number of carbonyl (C=O) groups is 1. The van der Waals surface area contributed by atoms with Gasteiger partial charge in [-0.05, 0) is 90.7 Å². The van der Waals surface area contributed by atoms with E-state index in [-0.39, 0.29) is 5.91 Å². The molecule has 2 aliphatic heterocycles. The van der Waals surface area contributed by atoms with Gasteiger partial charge in [-0.3, -0.25) is 9.69 Å². The van der Waals surface area contributed by atoms with Gasteiger partial charge in [0, 0.05) is 25.3 Å². The first-order valence-electron chi connectivity index (χ1n) is 9.42. The summed E-state index contributed by atoms with van der Waals surface area (Å²) in [7, 11) is 0. The lowest BCUT2D eigenvalue weighted by atomic mass is 10.1. The van der Waals surface area contributed by atoms with Crippen LogP contribution in [0.15, 0.2) is 51.0 Å². The summed E-state index contributed by atoms with van der Waals surface area (Å²) in [5, 5.41) is 4.83. The van der Waals surface area contributed by atoms with Crippen LogP contribution in [0, 0.1) is 0 Å². The van der Waals surface area contributed by atoms with Crippen LogP contribution < -0.4 is 4.90 Å². The second-order valence-corrected chi connectivity index (χ2v) is 8.46. The van der Waals surface area contributed by atoms with Crippen molar-refractivity contribution in [2.75, 3.05) is 24.5 Å². The summed E-state index contributed by atoms with van der Waals surface area (Å²) in [6.45, 7) is 4.88. The molecule has 0 bridgehead atoms. The molecular formula is C21H23N3OS2. The SMILES string of the molecule is CCN1C(=O)/C(=C/c2ccsc2)SC1=Nc1ccc(N2CCCCC2)cc1. The quantitative estimate of drug-likeness (QED) is 0.651. The maximum Gasteiger partial charge on any atom is 0.266 e. The minimum Gasteiger partial charge on any atom is -0.372 e. The lowest BCUT2D eigenvalue weighted by Crippen LogP contribution is -2.29. The van der Waals surface area contributed by atoms with Gasteiger partial charge >= 0.3 is 0 Å². The van der Waals surface area contributed by atoms with Crippen LogP contribution in [0.2, 0.25) is 0 Å². The number of benzene rings is 1. The van der Waals surface area contributed by atoms with Crippen LogP contribution in [0.25, 0.3) is 6.08 Å². The normalized spacial score (nSPS) is 20.9. The second kappa shape index (κ2) is 8.31. The Balaban J connectivity index is 1.54. The molecule has 2 fully saturated rings.